The van der Waals surface area contributed by atoms with Crippen LogP contribution in [0.25, 0.3) is 0 Å². The standard InChI is InChI=1S/C23H25F2NO/c1-2-3-16-27-21-13-10-19(11-14-21)18-7-4-17(5-8-18)6-9-20-12-15-22(24)26-23(20)25/h10-15,17-18H,2-5,7-8,16H2,1H3/t17-,18-. The van der Waals surface area contributed by atoms with Gasteiger partial charge in [-0.05, 0) is 67.9 Å². The minimum Gasteiger partial charge on any atom is -0.494 e. The Balaban J connectivity index is 1.52. The number of rotatable bonds is 5. The molecule has 27 heavy (non-hydrogen) atoms. The Kier molecular flexibility index (Phi) is 6.81. The van der Waals surface area contributed by atoms with E-state index in [9.17, 15) is 8.78 Å². The van der Waals surface area contributed by atoms with E-state index in [-0.39, 0.29) is 11.5 Å². The van der Waals surface area contributed by atoms with Crippen LogP contribution in [-0.2, 0) is 0 Å². The van der Waals surface area contributed by atoms with E-state index in [2.05, 4.69) is 48.0 Å². The number of hydrogen-bond acceptors (Lipinski definition) is 2. The first-order valence-electron chi connectivity index (χ1n) is 9.72. The Hall–Kier alpha value is -2.41. The lowest BCUT2D eigenvalue weighted by molar-refractivity contribution is 0.309. The van der Waals surface area contributed by atoms with Crippen LogP contribution in [0.5, 0.6) is 5.75 Å². The van der Waals surface area contributed by atoms with E-state index in [1.807, 2.05) is 0 Å². The minimum atomic E-state index is -0.836. The molecule has 1 aromatic heterocycles. The molecule has 0 spiro atoms. The predicted molar refractivity (Wildman–Crippen MR) is 103 cm³/mol. The second-order valence-corrected chi connectivity index (χ2v) is 7.06. The number of ether oxygens (including phenoxy) is 1. The molecule has 3 rings (SSSR count). The molecule has 0 aliphatic heterocycles. The SMILES string of the molecule is CCCCOc1ccc([C@H]2CC[C@H](C#Cc3ccc(F)nc3F)CC2)cc1. The van der Waals surface area contributed by atoms with Gasteiger partial charge in [-0.2, -0.15) is 13.8 Å². The van der Waals surface area contributed by atoms with Gasteiger partial charge >= 0.3 is 0 Å². The molecule has 0 bridgehead atoms. The predicted octanol–water partition coefficient (Wildman–Crippen LogP) is 5.86. The molecule has 1 saturated carbocycles. The van der Waals surface area contributed by atoms with E-state index < -0.39 is 11.9 Å². The van der Waals surface area contributed by atoms with Crippen molar-refractivity contribution in [2.75, 3.05) is 6.61 Å². The first-order valence-corrected chi connectivity index (χ1v) is 9.72. The van der Waals surface area contributed by atoms with E-state index in [1.165, 1.54) is 11.6 Å². The van der Waals surface area contributed by atoms with Crippen LogP contribution in [0.1, 0.15) is 62.5 Å². The second-order valence-electron chi connectivity index (χ2n) is 7.06. The zero-order chi connectivity index (χ0) is 19.1. The number of benzene rings is 1. The van der Waals surface area contributed by atoms with Crippen LogP contribution in [-0.4, -0.2) is 11.6 Å². The number of halogens is 2. The molecule has 2 aromatic rings. The Bertz CT molecular complexity index is 799. The fourth-order valence-corrected chi connectivity index (χ4v) is 3.43. The third-order valence-corrected chi connectivity index (χ3v) is 5.07. The van der Waals surface area contributed by atoms with Crippen LogP contribution in [0.4, 0.5) is 8.78 Å². The van der Waals surface area contributed by atoms with Gasteiger partial charge in [0.15, 0.2) is 0 Å². The van der Waals surface area contributed by atoms with Crippen molar-refractivity contribution in [3.63, 3.8) is 0 Å². The van der Waals surface area contributed by atoms with Gasteiger partial charge in [0.25, 0.3) is 0 Å². The van der Waals surface area contributed by atoms with Crippen LogP contribution in [0.15, 0.2) is 36.4 Å². The van der Waals surface area contributed by atoms with E-state index in [0.717, 1.165) is 56.9 Å². The van der Waals surface area contributed by atoms with Crippen LogP contribution >= 0.6 is 0 Å². The van der Waals surface area contributed by atoms with E-state index in [1.54, 1.807) is 0 Å². The number of pyridine rings is 1. The molecule has 1 aliphatic rings. The number of aromatic nitrogens is 1. The number of nitrogens with zero attached hydrogens (tertiary/aromatic N) is 1. The summed E-state index contributed by atoms with van der Waals surface area (Å²) in [5.74, 6) is 6.03. The van der Waals surface area contributed by atoms with Gasteiger partial charge in [0.2, 0.25) is 11.9 Å². The van der Waals surface area contributed by atoms with Crippen molar-refractivity contribution in [3.05, 3.63) is 59.4 Å². The number of unbranched alkanes of at least 4 members (excludes halogenated alkanes) is 1. The van der Waals surface area contributed by atoms with Crippen molar-refractivity contribution >= 4 is 0 Å². The molecular formula is C23H25F2NO. The molecule has 142 valence electrons. The summed E-state index contributed by atoms with van der Waals surface area (Å²) in [7, 11) is 0. The second kappa shape index (κ2) is 9.50. The lowest BCUT2D eigenvalue weighted by Crippen LogP contribution is -2.12. The summed E-state index contributed by atoms with van der Waals surface area (Å²) in [5.41, 5.74) is 1.51. The van der Waals surface area contributed by atoms with Crippen molar-refractivity contribution in [1.29, 1.82) is 0 Å². The van der Waals surface area contributed by atoms with Gasteiger partial charge in [-0.1, -0.05) is 37.3 Å². The summed E-state index contributed by atoms with van der Waals surface area (Å²) in [6.45, 7) is 2.92. The largest absolute Gasteiger partial charge is 0.494 e. The molecule has 0 amide bonds. The highest BCUT2D eigenvalue weighted by Crippen LogP contribution is 2.36. The van der Waals surface area contributed by atoms with E-state index in [0.29, 0.717) is 5.92 Å². The Morgan fingerprint density at radius 3 is 2.44 bits per heavy atom. The van der Waals surface area contributed by atoms with Gasteiger partial charge in [0.1, 0.15) is 5.75 Å². The first kappa shape index (κ1) is 19.4. The summed E-state index contributed by atoms with van der Waals surface area (Å²) in [5, 5.41) is 0. The highest BCUT2D eigenvalue weighted by molar-refractivity contribution is 5.34. The zero-order valence-corrected chi connectivity index (χ0v) is 15.7. The molecule has 0 radical (unpaired) electrons. The maximum Gasteiger partial charge on any atom is 0.231 e. The highest BCUT2D eigenvalue weighted by Gasteiger charge is 2.21. The molecule has 0 atom stereocenters. The third-order valence-electron chi connectivity index (χ3n) is 5.07. The highest BCUT2D eigenvalue weighted by atomic mass is 19.1. The topological polar surface area (TPSA) is 22.1 Å². The van der Waals surface area contributed by atoms with E-state index in [4.69, 9.17) is 4.74 Å². The van der Waals surface area contributed by atoms with Gasteiger partial charge in [-0.15, -0.1) is 0 Å². The van der Waals surface area contributed by atoms with E-state index >= 15 is 0 Å². The van der Waals surface area contributed by atoms with Gasteiger partial charge in [-0.25, -0.2) is 0 Å². The Labute approximate surface area is 160 Å². The molecule has 1 aromatic carbocycles. The lowest BCUT2D eigenvalue weighted by atomic mass is 9.79. The van der Waals surface area contributed by atoms with Crippen molar-refractivity contribution in [2.24, 2.45) is 5.92 Å². The quantitative estimate of drug-likeness (QED) is 0.374. The molecular weight excluding hydrogens is 344 g/mol. The first-order chi connectivity index (χ1) is 13.2. The molecule has 2 nitrogen and oxygen atoms in total. The van der Waals surface area contributed by atoms with Crippen LogP contribution < -0.4 is 4.74 Å². The summed E-state index contributed by atoms with van der Waals surface area (Å²) in [6, 6.07) is 10.9. The zero-order valence-electron chi connectivity index (χ0n) is 15.7. The van der Waals surface area contributed by atoms with Crippen LogP contribution in [0, 0.1) is 29.7 Å². The van der Waals surface area contributed by atoms with Gasteiger partial charge in [0.05, 0.1) is 12.2 Å². The molecule has 1 aliphatic carbocycles. The number of hydrogen-bond donors (Lipinski definition) is 0. The molecule has 0 unspecified atom stereocenters. The fraction of sp³-hybridized carbons (Fsp3) is 0.435. The lowest BCUT2D eigenvalue weighted by Gasteiger charge is -2.26. The molecule has 1 heterocycles. The molecule has 1 fully saturated rings. The summed E-state index contributed by atoms with van der Waals surface area (Å²) >= 11 is 0. The van der Waals surface area contributed by atoms with Gasteiger partial charge < -0.3 is 4.74 Å². The summed E-state index contributed by atoms with van der Waals surface area (Å²) in [6.07, 6.45) is 6.32. The normalized spacial score (nSPS) is 19.2. The van der Waals surface area contributed by atoms with Crippen molar-refractivity contribution in [1.82, 2.24) is 4.98 Å². The van der Waals surface area contributed by atoms with Crippen molar-refractivity contribution in [2.45, 2.75) is 51.4 Å². The van der Waals surface area contributed by atoms with Crippen LogP contribution in [0.2, 0.25) is 0 Å². The minimum absolute atomic E-state index is 0.164. The molecule has 0 saturated heterocycles. The van der Waals surface area contributed by atoms with Gasteiger partial charge in [0, 0.05) is 5.92 Å². The average Bonchev–Trinajstić information content (AvgIpc) is 2.69. The maximum atomic E-state index is 13.6. The third kappa shape index (κ3) is 5.53. The Morgan fingerprint density at radius 1 is 1.04 bits per heavy atom. The fourth-order valence-electron chi connectivity index (χ4n) is 3.43. The smallest absolute Gasteiger partial charge is 0.231 e. The molecule has 4 heteroatoms. The van der Waals surface area contributed by atoms with Crippen molar-refractivity contribution < 1.29 is 13.5 Å². The molecule has 0 N–H and O–H groups in total. The monoisotopic (exact) mass is 369 g/mol. The summed E-state index contributed by atoms with van der Waals surface area (Å²) in [4.78, 5) is 3.17. The maximum absolute atomic E-state index is 13.6. The Morgan fingerprint density at radius 2 is 1.78 bits per heavy atom. The average molecular weight is 369 g/mol. The summed E-state index contributed by atoms with van der Waals surface area (Å²) < 4.78 is 32.1. The van der Waals surface area contributed by atoms with Crippen molar-refractivity contribution in [3.8, 4) is 17.6 Å². The van der Waals surface area contributed by atoms with Crippen LogP contribution in [0.3, 0.4) is 0 Å². The van der Waals surface area contributed by atoms with Gasteiger partial charge in [-0.3, -0.25) is 0 Å².